The van der Waals surface area contributed by atoms with Gasteiger partial charge in [-0.25, -0.2) is 14.8 Å². The number of pyridine rings is 1. The van der Waals surface area contributed by atoms with E-state index in [1.807, 2.05) is 36.4 Å². The van der Waals surface area contributed by atoms with Crippen molar-refractivity contribution >= 4 is 52.0 Å². The first-order chi connectivity index (χ1) is 20.6. The van der Waals surface area contributed by atoms with E-state index < -0.39 is 0 Å². The number of urea groups is 1. The van der Waals surface area contributed by atoms with E-state index in [9.17, 15) is 4.79 Å². The van der Waals surface area contributed by atoms with Crippen LogP contribution in [0.5, 0.6) is 0 Å². The maximum Gasteiger partial charge on any atom is 0.318 e. The number of amides is 2. The number of hydrogen-bond donors (Lipinski definition) is 3. The summed E-state index contributed by atoms with van der Waals surface area (Å²) < 4.78 is 11.4. The van der Waals surface area contributed by atoms with Crippen molar-refractivity contribution in [3.05, 3.63) is 54.5 Å². The van der Waals surface area contributed by atoms with Gasteiger partial charge in [0.15, 0.2) is 11.6 Å². The zero-order valence-electron chi connectivity index (χ0n) is 23.7. The fourth-order valence-electron chi connectivity index (χ4n) is 4.92. The van der Waals surface area contributed by atoms with E-state index in [-0.39, 0.29) is 6.03 Å². The van der Waals surface area contributed by atoms with Crippen LogP contribution in [0.2, 0.25) is 0 Å². The average molecular weight is 590 g/mol. The van der Waals surface area contributed by atoms with Crippen molar-refractivity contribution in [3.63, 3.8) is 0 Å². The number of carbonyl (C=O) groups excluding carboxylic acids is 1. The summed E-state index contributed by atoms with van der Waals surface area (Å²) in [6.45, 7) is 4.85. The largest absolute Gasteiger partial charge is 0.378 e. The van der Waals surface area contributed by atoms with Crippen molar-refractivity contribution in [1.82, 2.24) is 30.3 Å². The molecule has 220 valence electrons. The Hall–Kier alpha value is -4.20. The van der Waals surface area contributed by atoms with Gasteiger partial charge in [-0.2, -0.15) is 0 Å². The van der Waals surface area contributed by atoms with Crippen LogP contribution in [0.1, 0.15) is 24.5 Å². The molecule has 12 nitrogen and oxygen atoms in total. The van der Waals surface area contributed by atoms with Gasteiger partial charge in [0, 0.05) is 43.5 Å². The number of anilines is 3. The predicted octanol–water partition coefficient (Wildman–Crippen LogP) is 4.13. The lowest BCUT2D eigenvalue weighted by molar-refractivity contribution is 0.122. The van der Waals surface area contributed by atoms with Crippen molar-refractivity contribution in [2.45, 2.75) is 18.8 Å². The maximum absolute atomic E-state index is 11.6. The number of rotatable bonds is 6. The molecule has 0 spiro atoms. The lowest BCUT2D eigenvalue weighted by Gasteiger charge is -2.28. The highest BCUT2D eigenvalue weighted by molar-refractivity contribution is 7.79. The Morgan fingerprint density at radius 2 is 1.81 bits per heavy atom. The number of fused-ring (bicyclic) bond motifs is 1. The number of thiocarbonyl (C=S) groups is 1. The smallest absolute Gasteiger partial charge is 0.318 e. The number of likely N-dealkylation sites (tertiary alicyclic amines) is 1. The maximum atomic E-state index is 11.6. The van der Waals surface area contributed by atoms with E-state index in [0.29, 0.717) is 36.2 Å². The minimum atomic E-state index is -0.262. The zero-order chi connectivity index (χ0) is 29.3. The lowest BCUT2D eigenvalue weighted by atomic mass is 9.93. The summed E-state index contributed by atoms with van der Waals surface area (Å²) in [6.07, 6.45) is 5.49. The normalized spacial score (nSPS) is 15.9. The summed E-state index contributed by atoms with van der Waals surface area (Å²) in [6, 6.07) is 11.0. The molecule has 0 radical (unpaired) electrons. The quantitative estimate of drug-likeness (QED) is 0.280. The van der Waals surface area contributed by atoms with Gasteiger partial charge in [0.1, 0.15) is 11.2 Å². The first-order valence-corrected chi connectivity index (χ1v) is 14.4. The fourth-order valence-corrected chi connectivity index (χ4v) is 5.05. The third kappa shape index (κ3) is 7.16. The number of hydrogen-bond acceptors (Lipinski definition) is 10. The van der Waals surface area contributed by atoms with Gasteiger partial charge < -0.3 is 35.0 Å². The summed E-state index contributed by atoms with van der Waals surface area (Å²) >= 11 is 4.57. The number of ether oxygens (including phenoxy) is 1. The van der Waals surface area contributed by atoms with Crippen LogP contribution in [0.25, 0.3) is 22.5 Å². The minimum absolute atomic E-state index is 0.262. The number of piperidine rings is 1. The molecule has 2 amide bonds. The van der Waals surface area contributed by atoms with E-state index in [1.165, 1.54) is 5.49 Å². The van der Waals surface area contributed by atoms with Crippen molar-refractivity contribution in [3.8, 4) is 11.4 Å². The van der Waals surface area contributed by atoms with Crippen LogP contribution in [0, 0.1) is 0 Å². The highest BCUT2D eigenvalue weighted by Crippen LogP contribution is 2.36. The molecule has 13 heteroatoms. The molecule has 2 aliphatic rings. The SMILES string of the molecule is CNC(=O)Nc1ccc(-c2nc(N3CCOCC3)c3onc(C4CCN(C)CC4)c3n2)cc1.S=CNc1cccnc1. The molecule has 4 aromatic rings. The highest BCUT2D eigenvalue weighted by atomic mass is 32.1. The Morgan fingerprint density at radius 3 is 2.48 bits per heavy atom. The third-order valence-corrected chi connectivity index (χ3v) is 7.37. The molecule has 0 aliphatic carbocycles. The fraction of sp³-hybridized carbons (Fsp3) is 0.379. The van der Waals surface area contributed by atoms with Crippen LogP contribution in [0.4, 0.5) is 22.0 Å². The van der Waals surface area contributed by atoms with Gasteiger partial charge in [0.05, 0.1) is 30.6 Å². The second-order valence-corrected chi connectivity index (χ2v) is 10.3. The van der Waals surface area contributed by atoms with E-state index in [1.54, 1.807) is 19.4 Å². The van der Waals surface area contributed by atoms with E-state index in [0.717, 1.165) is 67.3 Å². The van der Waals surface area contributed by atoms with Crippen LogP contribution in [0.3, 0.4) is 0 Å². The Kier molecular flexibility index (Phi) is 9.85. The molecule has 1 aromatic carbocycles. The molecule has 3 aromatic heterocycles. The van der Waals surface area contributed by atoms with Crippen LogP contribution >= 0.6 is 12.2 Å². The topological polar surface area (TPSA) is 134 Å². The molecule has 0 atom stereocenters. The molecular formula is C29H35N9O3S. The van der Waals surface area contributed by atoms with Crippen molar-refractivity contribution in [1.29, 1.82) is 0 Å². The standard InChI is InChI=1S/C23H29N7O3.C6H6N2S/c1-24-23(31)25-17-5-3-16(4-6-17)21-26-19-18(15-7-9-29(2)10-8-15)28-33-20(19)22(27-21)30-11-13-32-14-12-30;9-5-8-6-2-1-3-7-4-6/h3-6,15H,7-14H2,1-2H3,(H2,24,25,31);1-5H,(H,8,9). The molecule has 2 aliphatic heterocycles. The monoisotopic (exact) mass is 589 g/mol. The van der Waals surface area contributed by atoms with E-state index in [2.05, 4.69) is 55.2 Å². The second kappa shape index (κ2) is 14.1. The Labute approximate surface area is 249 Å². The second-order valence-electron chi connectivity index (χ2n) is 10.1. The van der Waals surface area contributed by atoms with Gasteiger partial charge in [-0.05, 0) is 69.4 Å². The van der Waals surface area contributed by atoms with E-state index in [4.69, 9.17) is 19.2 Å². The van der Waals surface area contributed by atoms with Gasteiger partial charge in [-0.15, -0.1) is 0 Å². The van der Waals surface area contributed by atoms with Gasteiger partial charge in [0.25, 0.3) is 0 Å². The minimum Gasteiger partial charge on any atom is -0.378 e. The summed E-state index contributed by atoms with van der Waals surface area (Å²) in [5.74, 6) is 1.70. The molecule has 3 N–H and O–H groups in total. The van der Waals surface area contributed by atoms with Gasteiger partial charge in [0.2, 0.25) is 5.58 Å². The van der Waals surface area contributed by atoms with Gasteiger partial charge in [-0.3, -0.25) is 4.98 Å². The number of aromatic nitrogens is 4. The molecule has 0 bridgehead atoms. The Morgan fingerprint density at radius 1 is 1.05 bits per heavy atom. The van der Waals surface area contributed by atoms with Crippen LogP contribution < -0.4 is 20.9 Å². The number of benzene rings is 1. The van der Waals surface area contributed by atoms with Crippen molar-refractivity contribution in [2.75, 3.05) is 69.0 Å². The van der Waals surface area contributed by atoms with Crippen LogP contribution in [0.15, 0.2) is 53.3 Å². The third-order valence-electron chi connectivity index (χ3n) is 7.26. The Balaban J connectivity index is 0.000000336. The summed E-state index contributed by atoms with van der Waals surface area (Å²) in [7, 11) is 3.73. The van der Waals surface area contributed by atoms with Crippen molar-refractivity contribution < 1.29 is 14.1 Å². The molecule has 2 saturated heterocycles. The molecule has 0 saturated carbocycles. The van der Waals surface area contributed by atoms with E-state index >= 15 is 0 Å². The zero-order valence-corrected chi connectivity index (χ0v) is 24.6. The lowest BCUT2D eigenvalue weighted by Crippen LogP contribution is -2.37. The number of carbonyl (C=O) groups is 1. The number of morpholine rings is 1. The number of nitrogens with one attached hydrogen (secondary N) is 3. The molecule has 2 fully saturated rings. The molecular weight excluding hydrogens is 554 g/mol. The first kappa shape index (κ1) is 29.3. The summed E-state index contributed by atoms with van der Waals surface area (Å²) in [4.78, 5) is 29.8. The summed E-state index contributed by atoms with van der Waals surface area (Å²) in [5.41, 5.74) is 6.31. The highest BCUT2D eigenvalue weighted by Gasteiger charge is 2.28. The molecule has 6 rings (SSSR count). The molecule has 5 heterocycles. The summed E-state index contributed by atoms with van der Waals surface area (Å²) in [5, 5.41) is 12.6. The predicted molar refractivity (Wildman–Crippen MR) is 167 cm³/mol. The van der Waals surface area contributed by atoms with Crippen LogP contribution in [-0.4, -0.2) is 90.0 Å². The van der Waals surface area contributed by atoms with Crippen LogP contribution in [-0.2, 0) is 4.74 Å². The average Bonchev–Trinajstić information content (AvgIpc) is 3.47. The molecule has 0 unspecified atom stereocenters. The first-order valence-electron chi connectivity index (χ1n) is 13.9. The van der Waals surface area contributed by atoms with Crippen molar-refractivity contribution in [2.24, 2.45) is 0 Å². The molecule has 42 heavy (non-hydrogen) atoms. The van der Waals surface area contributed by atoms with Gasteiger partial charge >= 0.3 is 6.03 Å². The number of nitrogens with zero attached hydrogens (tertiary/aromatic N) is 6. The van der Waals surface area contributed by atoms with Gasteiger partial charge in [-0.1, -0.05) is 17.4 Å². The Bertz CT molecular complexity index is 1470.